The average molecular weight is 430 g/mol. The molecule has 172 valence electrons. The summed E-state index contributed by atoms with van der Waals surface area (Å²) in [6.45, 7) is 5.49. The van der Waals surface area contributed by atoms with Crippen LogP contribution < -0.4 is 0 Å². The predicted octanol–water partition coefficient (Wildman–Crippen LogP) is -0.688. The first-order valence-corrected chi connectivity index (χ1v) is 10.8. The van der Waals surface area contributed by atoms with Crippen LogP contribution in [0.25, 0.3) is 0 Å². The quantitative estimate of drug-likeness (QED) is 0.366. The smallest absolute Gasteiger partial charge is 0.306 e. The van der Waals surface area contributed by atoms with E-state index in [0.717, 1.165) is 6.42 Å². The maximum atomic E-state index is 12.3. The van der Waals surface area contributed by atoms with Gasteiger partial charge in [-0.25, -0.2) is 0 Å². The minimum atomic E-state index is -1.50. The van der Waals surface area contributed by atoms with Gasteiger partial charge in [0, 0.05) is 16.7 Å². The molecule has 2 heterocycles. The highest BCUT2D eigenvalue weighted by atomic mass is 16.7. The Morgan fingerprint density at radius 1 is 1.17 bits per heavy atom. The van der Waals surface area contributed by atoms with E-state index >= 15 is 0 Å². The van der Waals surface area contributed by atoms with Crippen LogP contribution in [0.4, 0.5) is 0 Å². The second-order valence-corrected chi connectivity index (χ2v) is 10.2. The van der Waals surface area contributed by atoms with Crippen molar-refractivity contribution in [1.82, 2.24) is 0 Å². The van der Waals surface area contributed by atoms with Gasteiger partial charge in [-0.05, 0) is 32.1 Å². The fourth-order valence-electron chi connectivity index (χ4n) is 6.62. The van der Waals surface area contributed by atoms with E-state index in [2.05, 4.69) is 0 Å². The van der Waals surface area contributed by atoms with Crippen molar-refractivity contribution in [2.45, 2.75) is 88.9 Å². The normalized spacial score (nSPS) is 55.8. The molecule has 30 heavy (non-hydrogen) atoms. The van der Waals surface area contributed by atoms with Crippen LogP contribution in [-0.2, 0) is 19.0 Å². The lowest BCUT2D eigenvalue weighted by molar-refractivity contribution is -0.314. The number of esters is 1. The molecule has 2 saturated heterocycles. The zero-order chi connectivity index (χ0) is 22.1. The standard InChI is InChI=1S/C21H34O9/c1-10-11-6-21(7-14(23)29-11)13(4-5-20(21,3)27)19(10,2)9-28-18-17(26)16(25)15(24)12(8-22)30-18/h10-13,15-18,22,24-27H,4-9H2,1-3H3. The molecule has 4 rings (SSSR count). The van der Waals surface area contributed by atoms with E-state index < -0.39 is 53.7 Å². The molecule has 0 aromatic carbocycles. The van der Waals surface area contributed by atoms with Crippen molar-refractivity contribution in [3.8, 4) is 0 Å². The summed E-state index contributed by atoms with van der Waals surface area (Å²) in [7, 11) is 0. The number of carbonyl (C=O) groups is 1. The highest BCUT2D eigenvalue weighted by Crippen LogP contribution is 2.68. The second kappa shape index (κ2) is 7.37. The molecule has 9 nitrogen and oxygen atoms in total. The summed E-state index contributed by atoms with van der Waals surface area (Å²) in [5.74, 6) is -0.329. The van der Waals surface area contributed by atoms with Gasteiger partial charge in [0.1, 0.15) is 30.5 Å². The first kappa shape index (κ1) is 22.4. The molecule has 2 aliphatic heterocycles. The fraction of sp³-hybridized carbons (Fsp3) is 0.952. The van der Waals surface area contributed by atoms with Gasteiger partial charge in [0.2, 0.25) is 0 Å². The van der Waals surface area contributed by atoms with Crippen molar-refractivity contribution in [2.75, 3.05) is 13.2 Å². The van der Waals surface area contributed by atoms with E-state index in [9.17, 15) is 30.3 Å². The number of aliphatic hydroxyl groups excluding tert-OH is 4. The van der Waals surface area contributed by atoms with Gasteiger partial charge in [-0.2, -0.15) is 0 Å². The van der Waals surface area contributed by atoms with E-state index in [-0.39, 0.29) is 36.9 Å². The van der Waals surface area contributed by atoms with Crippen LogP contribution in [0.1, 0.15) is 46.5 Å². The molecule has 4 fully saturated rings. The summed E-state index contributed by atoms with van der Waals surface area (Å²) < 4.78 is 17.1. The van der Waals surface area contributed by atoms with Crippen molar-refractivity contribution < 1.29 is 44.5 Å². The van der Waals surface area contributed by atoms with Crippen LogP contribution in [0.15, 0.2) is 0 Å². The van der Waals surface area contributed by atoms with Gasteiger partial charge in [0.05, 0.1) is 25.2 Å². The van der Waals surface area contributed by atoms with E-state index in [1.807, 2.05) is 13.8 Å². The number of carbonyl (C=O) groups excluding carboxylic acids is 1. The van der Waals surface area contributed by atoms with Gasteiger partial charge >= 0.3 is 5.97 Å². The monoisotopic (exact) mass is 430 g/mol. The minimum Gasteiger partial charge on any atom is -0.462 e. The van der Waals surface area contributed by atoms with Crippen LogP contribution in [0, 0.1) is 22.7 Å². The van der Waals surface area contributed by atoms with Gasteiger partial charge in [-0.3, -0.25) is 4.79 Å². The molecular formula is C21H34O9. The summed E-state index contributed by atoms with van der Waals surface area (Å²) in [6, 6.07) is 0. The Morgan fingerprint density at radius 2 is 1.87 bits per heavy atom. The Bertz CT molecular complexity index is 681. The molecule has 0 amide bonds. The first-order valence-electron chi connectivity index (χ1n) is 10.8. The van der Waals surface area contributed by atoms with Crippen molar-refractivity contribution in [1.29, 1.82) is 0 Å². The van der Waals surface area contributed by atoms with Crippen LogP contribution in [-0.4, -0.2) is 87.1 Å². The molecule has 1 spiro atoms. The van der Waals surface area contributed by atoms with Crippen molar-refractivity contribution >= 4 is 5.97 Å². The van der Waals surface area contributed by atoms with Crippen molar-refractivity contribution in [3.63, 3.8) is 0 Å². The van der Waals surface area contributed by atoms with Gasteiger partial charge in [0.15, 0.2) is 6.29 Å². The fourth-order valence-corrected chi connectivity index (χ4v) is 6.62. The molecule has 2 aliphatic carbocycles. The number of ether oxygens (including phenoxy) is 3. The first-order chi connectivity index (χ1) is 14.0. The lowest BCUT2D eigenvalue weighted by atomic mass is 9.48. The molecule has 0 aromatic heterocycles. The summed E-state index contributed by atoms with van der Waals surface area (Å²) in [4.78, 5) is 12.3. The maximum absolute atomic E-state index is 12.3. The molecule has 11 atom stereocenters. The molecule has 4 aliphatic rings. The molecule has 0 radical (unpaired) electrons. The van der Waals surface area contributed by atoms with Crippen LogP contribution >= 0.6 is 0 Å². The van der Waals surface area contributed by atoms with Crippen molar-refractivity contribution in [3.05, 3.63) is 0 Å². The third-order valence-corrected chi connectivity index (χ3v) is 8.77. The summed E-state index contributed by atoms with van der Waals surface area (Å²) >= 11 is 0. The Balaban J connectivity index is 1.58. The Morgan fingerprint density at radius 3 is 2.53 bits per heavy atom. The van der Waals surface area contributed by atoms with Gasteiger partial charge in [-0.15, -0.1) is 0 Å². The second-order valence-electron chi connectivity index (χ2n) is 10.2. The lowest BCUT2D eigenvalue weighted by Crippen LogP contribution is -2.64. The summed E-state index contributed by atoms with van der Waals surface area (Å²) in [5, 5.41) is 50.9. The molecule has 5 N–H and O–H groups in total. The summed E-state index contributed by atoms with van der Waals surface area (Å²) in [5.41, 5.74) is -2.06. The molecule has 11 unspecified atom stereocenters. The Hall–Kier alpha value is -0.810. The van der Waals surface area contributed by atoms with Gasteiger partial charge in [0.25, 0.3) is 0 Å². The third-order valence-electron chi connectivity index (χ3n) is 8.77. The number of hydrogen-bond acceptors (Lipinski definition) is 9. The highest BCUT2D eigenvalue weighted by Gasteiger charge is 2.70. The number of rotatable bonds is 4. The zero-order valence-electron chi connectivity index (χ0n) is 17.7. The average Bonchev–Trinajstić information content (AvgIpc) is 2.94. The van der Waals surface area contributed by atoms with E-state index in [4.69, 9.17) is 14.2 Å². The number of aliphatic hydroxyl groups is 5. The Kier molecular flexibility index (Phi) is 5.50. The van der Waals surface area contributed by atoms with Crippen LogP contribution in [0.2, 0.25) is 0 Å². The predicted molar refractivity (Wildman–Crippen MR) is 102 cm³/mol. The lowest BCUT2D eigenvalue weighted by Gasteiger charge is -2.61. The molecular weight excluding hydrogens is 396 g/mol. The molecule has 9 heteroatoms. The zero-order valence-corrected chi connectivity index (χ0v) is 17.7. The Labute approximate surface area is 175 Å². The maximum Gasteiger partial charge on any atom is 0.306 e. The largest absolute Gasteiger partial charge is 0.462 e. The number of fused-ring (bicyclic) bond motifs is 1. The van der Waals surface area contributed by atoms with Gasteiger partial charge in [-0.1, -0.05) is 13.8 Å². The molecule has 2 saturated carbocycles. The van der Waals surface area contributed by atoms with E-state index in [0.29, 0.717) is 12.8 Å². The van der Waals surface area contributed by atoms with Crippen molar-refractivity contribution in [2.24, 2.45) is 22.7 Å². The third kappa shape index (κ3) is 3.05. The topological polar surface area (TPSA) is 146 Å². The molecule has 0 aromatic rings. The van der Waals surface area contributed by atoms with E-state index in [1.54, 1.807) is 6.92 Å². The van der Waals surface area contributed by atoms with Crippen LogP contribution in [0.5, 0.6) is 0 Å². The highest BCUT2D eigenvalue weighted by molar-refractivity contribution is 5.72. The molecule has 2 bridgehead atoms. The van der Waals surface area contributed by atoms with Gasteiger partial charge < -0.3 is 39.7 Å². The van der Waals surface area contributed by atoms with E-state index in [1.165, 1.54) is 0 Å². The summed E-state index contributed by atoms with van der Waals surface area (Å²) in [6.07, 6.45) is -4.89. The minimum absolute atomic E-state index is 0.00369. The van der Waals surface area contributed by atoms with Crippen LogP contribution in [0.3, 0.4) is 0 Å². The SMILES string of the molecule is CC1C2CC3(CC(=O)O2)C(CCC3(C)O)C1(C)COC1OC(CO)C(O)C(O)C1O. The number of hydrogen-bond donors (Lipinski definition) is 5.